The van der Waals surface area contributed by atoms with Gasteiger partial charge >= 0.3 is 0 Å². The van der Waals surface area contributed by atoms with Crippen LogP contribution in [0.15, 0.2) is 12.2 Å². The Morgan fingerprint density at radius 1 is 1.56 bits per heavy atom. The number of hydrogen-bond acceptors (Lipinski definition) is 0. The second-order valence-electron chi connectivity index (χ2n) is 3.53. The minimum atomic E-state index is 0.731. The van der Waals surface area contributed by atoms with Crippen LogP contribution in [0.25, 0.3) is 0 Å². The Balaban J connectivity index is 2.10. The molecule has 2 aliphatic carbocycles. The largest absolute Gasteiger partial charge is 0.0911 e. The maximum Gasteiger partial charge on any atom is -0.00868 e. The Morgan fingerprint density at radius 3 is 2.89 bits per heavy atom. The monoisotopic (exact) mass is 122 g/mol. The third kappa shape index (κ3) is 0.654. The second kappa shape index (κ2) is 1.62. The molecule has 0 nitrogen and oxygen atoms in total. The summed E-state index contributed by atoms with van der Waals surface area (Å²) in [7, 11) is 0. The van der Waals surface area contributed by atoms with Gasteiger partial charge in [-0.2, -0.15) is 0 Å². The van der Waals surface area contributed by atoms with Crippen molar-refractivity contribution in [1.82, 2.24) is 0 Å². The average molecular weight is 122 g/mol. The molecule has 9 heavy (non-hydrogen) atoms. The lowest BCUT2D eigenvalue weighted by Gasteiger charge is -2.01. The molecule has 0 N–H and O–H groups in total. The van der Waals surface area contributed by atoms with Crippen LogP contribution < -0.4 is 0 Å². The van der Waals surface area contributed by atoms with Gasteiger partial charge in [-0.25, -0.2) is 0 Å². The maximum atomic E-state index is 2.44. The number of rotatable bonds is 1. The molecule has 0 saturated heterocycles. The van der Waals surface area contributed by atoms with E-state index in [1.54, 1.807) is 0 Å². The standard InChI is InChI=1S/C9H14/c1-2-5-9-6-3-4-8(9)7-9/h2,5,8H,3-4,6-7H2,1H3. The molecular formula is C9H14. The van der Waals surface area contributed by atoms with E-state index in [-0.39, 0.29) is 0 Å². The zero-order valence-electron chi connectivity index (χ0n) is 6.06. The predicted octanol–water partition coefficient (Wildman–Crippen LogP) is 2.75. The Morgan fingerprint density at radius 2 is 2.44 bits per heavy atom. The summed E-state index contributed by atoms with van der Waals surface area (Å²) in [4.78, 5) is 0. The van der Waals surface area contributed by atoms with Gasteiger partial charge in [-0.3, -0.25) is 0 Å². The lowest BCUT2D eigenvalue weighted by molar-refractivity contribution is 0.619. The Hall–Kier alpha value is -0.260. The number of fused-ring (bicyclic) bond motifs is 1. The molecule has 2 unspecified atom stereocenters. The summed E-state index contributed by atoms with van der Waals surface area (Å²) in [6.45, 7) is 2.14. The third-order valence-electron chi connectivity index (χ3n) is 2.97. The molecule has 50 valence electrons. The predicted molar refractivity (Wildman–Crippen MR) is 39.2 cm³/mol. The Labute approximate surface area is 57.0 Å². The SMILES string of the molecule is CC=CC12CCCC1C2. The molecule has 0 aromatic heterocycles. The summed E-state index contributed by atoms with van der Waals surface area (Å²) < 4.78 is 0. The van der Waals surface area contributed by atoms with E-state index in [2.05, 4.69) is 19.1 Å². The van der Waals surface area contributed by atoms with Gasteiger partial charge in [-0.05, 0) is 37.5 Å². The van der Waals surface area contributed by atoms with Gasteiger partial charge in [0.25, 0.3) is 0 Å². The summed E-state index contributed by atoms with van der Waals surface area (Å²) in [5, 5.41) is 0. The van der Waals surface area contributed by atoms with Gasteiger partial charge in [0.1, 0.15) is 0 Å². The van der Waals surface area contributed by atoms with Crippen molar-refractivity contribution in [2.75, 3.05) is 0 Å². The molecule has 0 heteroatoms. The highest BCUT2D eigenvalue weighted by Gasteiger charge is 2.54. The first kappa shape index (κ1) is 5.52. The molecule has 2 atom stereocenters. The van der Waals surface area contributed by atoms with E-state index >= 15 is 0 Å². The van der Waals surface area contributed by atoms with Crippen LogP contribution in [0.2, 0.25) is 0 Å². The van der Waals surface area contributed by atoms with Gasteiger partial charge in [-0.15, -0.1) is 0 Å². The first-order valence-corrected chi connectivity index (χ1v) is 4.01. The van der Waals surface area contributed by atoms with Crippen molar-refractivity contribution in [3.8, 4) is 0 Å². The molecule has 0 spiro atoms. The lowest BCUT2D eigenvalue weighted by atomic mass is 10.0. The van der Waals surface area contributed by atoms with Crippen molar-refractivity contribution in [2.45, 2.75) is 32.6 Å². The molecule has 2 fully saturated rings. The van der Waals surface area contributed by atoms with Crippen LogP contribution in [0, 0.1) is 11.3 Å². The summed E-state index contributed by atoms with van der Waals surface area (Å²) in [5.41, 5.74) is 0.731. The van der Waals surface area contributed by atoms with Gasteiger partial charge in [0.05, 0.1) is 0 Å². The van der Waals surface area contributed by atoms with E-state index in [0.29, 0.717) is 0 Å². The molecule has 0 amide bonds. The molecule has 0 bridgehead atoms. The quantitative estimate of drug-likeness (QED) is 0.469. The van der Waals surface area contributed by atoms with Crippen LogP contribution >= 0.6 is 0 Å². The number of allylic oxidation sites excluding steroid dienone is 2. The lowest BCUT2D eigenvalue weighted by Crippen LogP contribution is -1.90. The van der Waals surface area contributed by atoms with Gasteiger partial charge in [0.15, 0.2) is 0 Å². The fraction of sp³-hybridized carbons (Fsp3) is 0.778. The van der Waals surface area contributed by atoms with Crippen molar-refractivity contribution < 1.29 is 0 Å². The zero-order chi connectivity index (χ0) is 6.32. The minimum Gasteiger partial charge on any atom is -0.0911 e. The van der Waals surface area contributed by atoms with Crippen molar-refractivity contribution in [3.63, 3.8) is 0 Å². The summed E-state index contributed by atoms with van der Waals surface area (Å²) in [6.07, 6.45) is 10.6. The normalized spacial score (nSPS) is 47.9. The fourth-order valence-corrected chi connectivity index (χ4v) is 2.39. The summed E-state index contributed by atoms with van der Waals surface area (Å²) in [5.74, 6) is 1.09. The minimum absolute atomic E-state index is 0.731. The molecule has 0 aromatic carbocycles. The number of hydrogen-bond donors (Lipinski definition) is 0. The van der Waals surface area contributed by atoms with E-state index in [4.69, 9.17) is 0 Å². The summed E-state index contributed by atoms with van der Waals surface area (Å²) in [6, 6.07) is 0. The molecule has 2 rings (SSSR count). The van der Waals surface area contributed by atoms with E-state index in [0.717, 1.165) is 11.3 Å². The van der Waals surface area contributed by atoms with Gasteiger partial charge in [0, 0.05) is 0 Å². The molecule has 0 aromatic rings. The van der Waals surface area contributed by atoms with Crippen LogP contribution in [0.5, 0.6) is 0 Å². The zero-order valence-corrected chi connectivity index (χ0v) is 6.06. The van der Waals surface area contributed by atoms with Crippen LogP contribution in [-0.4, -0.2) is 0 Å². The third-order valence-corrected chi connectivity index (χ3v) is 2.97. The molecule has 2 aliphatic rings. The second-order valence-corrected chi connectivity index (χ2v) is 3.53. The first-order valence-electron chi connectivity index (χ1n) is 4.01. The van der Waals surface area contributed by atoms with E-state index < -0.39 is 0 Å². The van der Waals surface area contributed by atoms with Crippen molar-refractivity contribution in [3.05, 3.63) is 12.2 Å². The highest BCUT2D eigenvalue weighted by atomic mass is 14.6. The van der Waals surface area contributed by atoms with Gasteiger partial charge in [0.2, 0.25) is 0 Å². The van der Waals surface area contributed by atoms with Gasteiger partial charge < -0.3 is 0 Å². The molecule has 0 aliphatic heterocycles. The molecule has 0 heterocycles. The highest BCUT2D eigenvalue weighted by Crippen LogP contribution is 2.64. The van der Waals surface area contributed by atoms with Crippen molar-refractivity contribution in [2.24, 2.45) is 11.3 Å². The molecule has 0 radical (unpaired) electrons. The van der Waals surface area contributed by atoms with Crippen LogP contribution in [-0.2, 0) is 0 Å². The van der Waals surface area contributed by atoms with E-state index in [1.165, 1.54) is 25.7 Å². The smallest absolute Gasteiger partial charge is 0.00868 e. The van der Waals surface area contributed by atoms with Gasteiger partial charge in [-0.1, -0.05) is 18.6 Å². The van der Waals surface area contributed by atoms with E-state index in [1.807, 2.05) is 0 Å². The molecular weight excluding hydrogens is 108 g/mol. The first-order chi connectivity index (χ1) is 4.37. The Kier molecular flexibility index (Phi) is 0.992. The maximum absolute atomic E-state index is 2.44. The van der Waals surface area contributed by atoms with E-state index in [9.17, 15) is 0 Å². The highest BCUT2D eigenvalue weighted by molar-refractivity contribution is 5.17. The van der Waals surface area contributed by atoms with Crippen molar-refractivity contribution >= 4 is 0 Å². The average Bonchev–Trinajstić information content (AvgIpc) is 2.37. The van der Waals surface area contributed by atoms with Crippen LogP contribution in [0.3, 0.4) is 0 Å². The topological polar surface area (TPSA) is 0 Å². The van der Waals surface area contributed by atoms with Crippen LogP contribution in [0.4, 0.5) is 0 Å². The Bertz CT molecular complexity index is 146. The fourth-order valence-electron chi connectivity index (χ4n) is 2.39. The van der Waals surface area contributed by atoms with Crippen molar-refractivity contribution in [1.29, 1.82) is 0 Å². The van der Waals surface area contributed by atoms with Crippen LogP contribution in [0.1, 0.15) is 32.6 Å². The summed E-state index contributed by atoms with van der Waals surface area (Å²) >= 11 is 0. The molecule has 2 saturated carbocycles.